The lowest BCUT2D eigenvalue weighted by Gasteiger charge is -1.99. The van der Waals surface area contributed by atoms with Gasteiger partial charge >= 0.3 is 0 Å². The van der Waals surface area contributed by atoms with E-state index >= 15 is 0 Å². The average Bonchev–Trinajstić information content (AvgIpc) is 2.63. The second kappa shape index (κ2) is 3.88. The summed E-state index contributed by atoms with van der Waals surface area (Å²) in [5.74, 6) is 0.927. The highest BCUT2D eigenvalue weighted by Gasteiger charge is 2.02. The van der Waals surface area contributed by atoms with Crippen molar-refractivity contribution in [2.24, 2.45) is 0 Å². The number of H-pyrrole nitrogens is 2. The lowest BCUT2D eigenvalue weighted by atomic mass is 10.2. The second-order valence-electron chi connectivity index (χ2n) is 3.22. The number of fused-ring (bicyclic) bond motifs is 1. The van der Waals surface area contributed by atoms with Crippen molar-refractivity contribution in [1.82, 2.24) is 19.9 Å². The monoisotopic (exact) mass is 208 g/mol. The fourth-order valence-corrected chi connectivity index (χ4v) is 1.62. The lowest BCUT2D eigenvalue weighted by molar-refractivity contribution is 0.754. The first-order valence-electron chi connectivity index (χ1n) is 4.73. The van der Waals surface area contributed by atoms with E-state index in [1.165, 1.54) is 0 Å². The van der Waals surface area contributed by atoms with Crippen molar-refractivity contribution < 1.29 is 0 Å². The lowest BCUT2D eigenvalue weighted by Crippen LogP contribution is -1.96. The van der Waals surface area contributed by atoms with E-state index in [2.05, 4.69) is 26.9 Å². The smallest absolute Gasteiger partial charge is 0.160 e. The van der Waals surface area contributed by atoms with Gasteiger partial charge in [0.25, 0.3) is 0 Å². The summed E-state index contributed by atoms with van der Waals surface area (Å²) >= 11 is 5.14. The summed E-state index contributed by atoms with van der Waals surface area (Å²) in [6, 6.07) is 0. The third-order valence-electron chi connectivity index (χ3n) is 2.12. The molecule has 0 bridgehead atoms. The number of rotatable bonds is 3. The van der Waals surface area contributed by atoms with Gasteiger partial charge in [0.05, 0.1) is 6.33 Å². The SMILES string of the molecule is CCCCc1nc(=S)c2[nH]cnc2[nH]1. The van der Waals surface area contributed by atoms with Gasteiger partial charge in [-0.3, -0.25) is 0 Å². The van der Waals surface area contributed by atoms with Crippen LogP contribution in [0.25, 0.3) is 11.2 Å². The molecule has 0 aliphatic heterocycles. The van der Waals surface area contributed by atoms with Crippen molar-refractivity contribution in [1.29, 1.82) is 0 Å². The number of unbranched alkanes of at least 4 members (excludes halogenated alkanes) is 1. The summed E-state index contributed by atoms with van der Waals surface area (Å²) in [6.45, 7) is 2.15. The Kier molecular flexibility index (Phi) is 2.58. The van der Waals surface area contributed by atoms with Gasteiger partial charge in [0, 0.05) is 6.42 Å². The van der Waals surface area contributed by atoms with Gasteiger partial charge in [-0.25, -0.2) is 9.97 Å². The molecule has 2 aromatic heterocycles. The third kappa shape index (κ3) is 1.68. The predicted octanol–water partition coefficient (Wildman–Crippen LogP) is 2.36. The molecule has 0 aliphatic rings. The molecule has 2 aromatic rings. The molecule has 5 heteroatoms. The average molecular weight is 208 g/mol. The number of nitrogens with one attached hydrogen (secondary N) is 2. The van der Waals surface area contributed by atoms with Crippen molar-refractivity contribution in [3.63, 3.8) is 0 Å². The van der Waals surface area contributed by atoms with Crippen LogP contribution < -0.4 is 0 Å². The number of nitrogens with zero attached hydrogens (tertiary/aromatic N) is 2. The van der Waals surface area contributed by atoms with E-state index in [0.29, 0.717) is 4.64 Å². The van der Waals surface area contributed by atoms with Gasteiger partial charge in [0.2, 0.25) is 0 Å². The minimum atomic E-state index is 0.599. The van der Waals surface area contributed by atoms with Gasteiger partial charge in [0.15, 0.2) is 10.3 Å². The Bertz CT molecular complexity index is 485. The molecule has 4 nitrogen and oxygen atoms in total. The molecular weight excluding hydrogens is 196 g/mol. The molecule has 2 N–H and O–H groups in total. The molecule has 0 atom stereocenters. The predicted molar refractivity (Wildman–Crippen MR) is 57.7 cm³/mol. The quantitative estimate of drug-likeness (QED) is 0.761. The summed E-state index contributed by atoms with van der Waals surface area (Å²) in [4.78, 5) is 14.6. The first-order chi connectivity index (χ1) is 6.81. The molecule has 0 amide bonds. The fraction of sp³-hybridized carbons (Fsp3) is 0.444. The number of aryl methyl sites for hydroxylation is 1. The zero-order valence-corrected chi connectivity index (χ0v) is 8.82. The molecule has 0 saturated carbocycles. The Morgan fingerprint density at radius 2 is 2.36 bits per heavy atom. The fourth-order valence-electron chi connectivity index (χ4n) is 1.36. The van der Waals surface area contributed by atoms with Crippen LogP contribution in [-0.2, 0) is 6.42 Å². The Labute approximate surface area is 86.8 Å². The molecule has 74 valence electrons. The maximum Gasteiger partial charge on any atom is 0.160 e. The maximum atomic E-state index is 5.14. The highest BCUT2D eigenvalue weighted by molar-refractivity contribution is 7.71. The molecule has 0 spiro atoms. The number of imidazole rings is 1. The van der Waals surface area contributed by atoms with Crippen LogP contribution in [0.5, 0.6) is 0 Å². The highest BCUT2D eigenvalue weighted by Crippen LogP contribution is 2.08. The second-order valence-corrected chi connectivity index (χ2v) is 3.61. The Hall–Kier alpha value is -1.23. The molecule has 0 radical (unpaired) electrons. The van der Waals surface area contributed by atoms with Gasteiger partial charge in [-0.1, -0.05) is 25.6 Å². The normalized spacial score (nSPS) is 10.9. The van der Waals surface area contributed by atoms with Crippen molar-refractivity contribution in [2.45, 2.75) is 26.2 Å². The molecular formula is C9H12N4S. The van der Waals surface area contributed by atoms with Gasteiger partial charge in [0.1, 0.15) is 11.3 Å². The first kappa shape index (κ1) is 9.33. The molecule has 0 aromatic carbocycles. The largest absolute Gasteiger partial charge is 0.341 e. The first-order valence-corrected chi connectivity index (χ1v) is 5.14. The van der Waals surface area contributed by atoms with Gasteiger partial charge in [-0.05, 0) is 6.42 Å². The third-order valence-corrected chi connectivity index (χ3v) is 2.41. The molecule has 0 aliphatic carbocycles. The number of hydrogen-bond acceptors (Lipinski definition) is 3. The van der Waals surface area contributed by atoms with Crippen molar-refractivity contribution in [3.8, 4) is 0 Å². The zero-order chi connectivity index (χ0) is 9.97. The number of aromatic amines is 2. The van der Waals surface area contributed by atoms with E-state index in [1.54, 1.807) is 6.33 Å². The summed E-state index contributed by atoms with van der Waals surface area (Å²) in [7, 11) is 0. The van der Waals surface area contributed by atoms with Gasteiger partial charge in [-0.15, -0.1) is 0 Å². The molecule has 14 heavy (non-hydrogen) atoms. The van der Waals surface area contributed by atoms with Gasteiger partial charge in [-0.2, -0.15) is 0 Å². The molecule has 2 rings (SSSR count). The van der Waals surface area contributed by atoms with Crippen LogP contribution in [0.1, 0.15) is 25.6 Å². The highest BCUT2D eigenvalue weighted by atomic mass is 32.1. The van der Waals surface area contributed by atoms with Gasteiger partial charge < -0.3 is 9.97 Å². The summed E-state index contributed by atoms with van der Waals surface area (Å²) in [5, 5.41) is 0. The number of hydrogen-bond donors (Lipinski definition) is 2. The van der Waals surface area contributed by atoms with Crippen LogP contribution in [0.15, 0.2) is 6.33 Å². The molecule has 0 fully saturated rings. The Morgan fingerprint density at radius 3 is 3.14 bits per heavy atom. The van der Waals surface area contributed by atoms with Crippen LogP contribution >= 0.6 is 12.2 Å². The molecule has 0 saturated heterocycles. The standard InChI is InChI=1S/C9H12N4S/c1-2-3-4-6-12-8-7(9(14)13-6)10-5-11-8/h5H,2-4H2,1H3,(H2,10,11,12,13,14). The van der Waals surface area contributed by atoms with Crippen LogP contribution in [-0.4, -0.2) is 19.9 Å². The number of aromatic nitrogens is 4. The minimum absolute atomic E-state index is 0.599. The van der Waals surface area contributed by atoms with E-state index in [9.17, 15) is 0 Å². The minimum Gasteiger partial charge on any atom is -0.341 e. The van der Waals surface area contributed by atoms with Crippen LogP contribution in [0.3, 0.4) is 0 Å². The van der Waals surface area contributed by atoms with Crippen LogP contribution in [0.4, 0.5) is 0 Å². The maximum absolute atomic E-state index is 5.14. The van der Waals surface area contributed by atoms with Crippen molar-refractivity contribution in [2.75, 3.05) is 0 Å². The Morgan fingerprint density at radius 1 is 1.50 bits per heavy atom. The Balaban J connectivity index is 2.43. The summed E-state index contributed by atoms with van der Waals surface area (Å²) in [6.07, 6.45) is 4.83. The van der Waals surface area contributed by atoms with E-state index < -0.39 is 0 Å². The summed E-state index contributed by atoms with van der Waals surface area (Å²) in [5.41, 5.74) is 1.62. The van der Waals surface area contributed by atoms with E-state index in [0.717, 1.165) is 36.3 Å². The van der Waals surface area contributed by atoms with Crippen LogP contribution in [0, 0.1) is 4.64 Å². The molecule has 2 heterocycles. The van der Waals surface area contributed by atoms with E-state index in [-0.39, 0.29) is 0 Å². The summed E-state index contributed by atoms with van der Waals surface area (Å²) < 4.78 is 0.599. The van der Waals surface area contributed by atoms with E-state index in [1.807, 2.05) is 0 Å². The zero-order valence-electron chi connectivity index (χ0n) is 8.00. The van der Waals surface area contributed by atoms with Crippen LogP contribution in [0.2, 0.25) is 0 Å². The molecule has 0 unspecified atom stereocenters. The topological polar surface area (TPSA) is 57.4 Å². The van der Waals surface area contributed by atoms with Crippen molar-refractivity contribution in [3.05, 3.63) is 16.8 Å². The van der Waals surface area contributed by atoms with E-state index in [4.69, 9.17) is 12.2 Å². The van der Waals surface area contributed by atoms with Crippen molar-refractivity contribution >= 4 is 23.4 Å².